The van der Waals surface area contributed by atoms with E-state index in [4.69, 9.17) is 16.6 Å². The lowest BCUT2D eigenvalue weighted by Crippen LogP contribution is -2.33. The van der Waals surface area contributed by atoms with E-state index < -0.39 is 0 Å². The predicted molar refractivity (Wildman–Crippen MR) is 126 cm³/mol. The molecule has 1 amide bonds. The zero-order valence-electron chi connectivity index (χ0n) is 17.5. The van der Waals surface area contributed by atoms with Crippen molar-refractivity contribution in [2.24, 2.45) is 0 Å². The molecule has 2 heterocycles. The summed E-state index contributed by atoms with van der Waals surface area (Å²) in [7, 11) is 0. The Bertz CT molecular complexity index is 1310. The number of amides is 1. The lowest BCUT2D eigenvalue weighted by Gasteiger charge is -2.30. The van der Waals surface area contributed by atoms with Crippen LogP contribution < -0.4 is 10.2 Å². The van der Waals surface area contributed by atoms with Crippen molar-refractivity contribution in [1.29, 1.82) is 0 Å². The third-order valence-electron chi connectivity index (χ3n) is 5.93. The van der Waals surface area contributed by atoms with Gasteiger partial charge in [0.15, 0.2) is 0 Å². The highest BCUT2D eigenvalue weighted by atomic mass is 35.5. The van der Waals surface area contributed by atoms with Gasteiger partial charge in [-0.1, -0.05) is 29.8 Å². The Morgan fingerprint density at radius 2 is 1.84 bits per heavy atom. The molecule has 5 rings (SSSR count). The normalized spacial score (nSPS) is 13.3. The van der Waals surface area contributed by atoms with Crippen molar-refractivity contribution >= 4 is 39.9 Å². The molecule has 1 aliphatic rings. The number of rotatable bonds is 3. The van der Waals surface area contributed by atoms with Crippen LogP contribution in [-0.2, 0) is 13.1 Å². The first-order valence-electron chi connectivity index (χ1n) is 10.4. The minimum atomic E-state index is -0.0840. The van der Waals surface area contributed by atoms with E-state index in [9.17, 15) is 4.79 Å². The number of aryl methyl sites for hydroxylation is 2. The number of hydrogen-bond acceptors (Lipinski definition) is 3. The Hall–Kier alpha value is -3.31. The van der Waals surface area contributed by atoms with Crippen LogP contribution in [-0.4, -0.2) is 22.0 Å². The fraction of sp³-hybridized carbons (Fsp3) is 0.200. The molecule has 0 spiro atoms. The Balaban J connectivity index is 1.36. The van der Waals surface area contributed by atoms with Gasteiger partial charge in [-0.2, -0.15) is 0 Å². The van der Waals surface area contributed by atoms with Gasteiger partial charge in [0.25, 0.3) is 5.91 Å². The van der Waals surface area contributed by atoms with E-state index in [0.717, 1.165) is 59.0 Å². The number of nitrogens with zero attached hydrogens (tertiary/aromatic N) is 3. The summed E-state index contributed by atoms with van der Waals surface area (Å²) in [6.45, 7) is 6.48. The third-order valence-corrected chi connectivity index (χ3v) is 6.16. The van der Waals surface area contributed by atoms with Crippen LogP contribution in [0.25, 0.3) is 11.0 Å². The summed E-state index contributed by atoms with van der Waals surface area (Å²) >= 11 is 6.13. The first-order chi connectivity index (χ1) is 15.0. The minimum absolute atomic E-state index is 0.0840. The van der Waals surface area contributed by atoms with Gasteiger partial charge in [-0.3, -0.25) is 4.79 Å². The van der Waals surface area contributed by atoms with Gasteiger partial charge >= 0.3 is 0 Å². The molecule has 0 atom stereocenters. The summed E-state index contributed by atoms with van der Waals surface area (Å²) in [5.74, 6) is 0.956. The summed E-state index contributed by atoms with van der Waals surface area (Å²) in [5.41, 5.74) is 6.72. The first kappa shape index (κ1) is 19.6. The van der Waals surface area contributed by atoms with Crippen molar-refractivity contribution in [3.05, 3.63) is 88.2 Å². The third kappa shape index (κ3) is 3.66. The van der Waals surface area contributed by atoms with Gasteiger partial charge in [0.05, 0.1) is 17.6 Å². The van der Waals surface area contributed by atoms with Crippen LogP contribution in [0.4, 0.5) is 11.4 Å². The second kappa shape index (κ2) is 7.75. The number of aromatic nitrogens is 2. The highest BCUT2D eigenvalue weighted by molar-refractivity contribution is 6.31. The van der Waals surface area contributed by atoms with Crippen molar-refractivity contribution in [3.8, 4) is 0 Å². The lowest BCUT2D eigenvalue weighted by molar-refractivity contribution is 0.102. The van der Waals surface area contributed by atoms with E-state index in [-0.39, 0.29) is 5.91 Å². The Morgan fingerprint density at radius 1 is 1.00 bits per heavy atom. The van der Waals surface area contributed by atoms with Gasteiger partial charge in [-0.15, -0.1) is 0 Å². The fourth-order valence-corrected chi connectivity index (χ4v) is 4.38. The van der Waals surface area contributed by atoms with Gasteiger partial charge in [-0.05, 0) is 67.4 Å². The molecule has 1 aliphatic heterocycles. The summed E-state index contributed by atoms with van der Waals surface area (Å²) in [6, 6.07) is 19.7. The first-order valence-corrected chi connectivity index (χ1v) is 10.7. The van der Waals surface area contributed by atoms with E-state index >= 15 is 0 Å². The maximum Gasteiger partial charge on any atom is 0.255 e. The average Bonchev–Trinajstić information content (AvgIpc) is 3.12. The van der Waals surface area contributed by atoms with Gasteiger partial charge in [0.1, 0.15) is 5.82 Å². The molecule has 156 valence electrons. The molecule has 0 unspecified atom stereocenters. The zero-order chi connectivity index (χ0) is 21.5. The van der Waals surface area contributed by atoms with Crippen LogP contribution in [0.15, 0.2) is 60.7 Å². The minimum Gasteiger partial charge on any atom is -0.362 e. The second-order valence-electron chi connectivity index (χ2n) is 8.00. The molecular formula is C25H23ClN4O. The van der Waals surface area contributed by atoms with E-state index in [2.05, 4.69) is 26.9 Å². The molecule has 0 fully saturated rings. The van der Waals surface area contributed by atoms with Crippen molar-refractivity contribution in [3.63, 3.8) is 0 Å². The van der Waals surface area contributed by atoms with E-state index in [1.165, 1.54) is 0 Å². The number of hydrogen-bond donors (Lipinski definition) is 1. The molecule has 1 aromatic heterocycles. The highest BCUT2D eigenvalue weighted by Crippen LogP contribution is 2.29. The molecule has 5 nitrogen and oxygen atoms in total. The maximum atomic E-state index is 12.7. The molecule has 31 heavy (non-hydrogen) atoms. The number of imidazole rings is 1. The van der Waals surface area contributed by atoms with Crippen LogP contribution in [0.2, 0.25) is 5.02 Å². The second-order valence-corrected chi connectivity index (χ2v) is 8.44. The molecule has 1 N–H and O–H groups in total. The number of halogens is 1. The average molecular weight is 431 g/mol. The molecule has 3 aromatic carbocycles. The van der Waals surface area contributed by atoms with Crippen LogP contribution in [0, 0.1) is 13.8 Å². The summed E-state index contributed by atoms with van der Waals surface area (Å²) in [5, 5.41) is 3.76. The van der Waals surface area contributed by atoms with Crippen LogP contribution in [0.1, 0.15) is 27.3 Å². The highest BCUT2D eigenvalue weighted by Gasteiger charge is 2.21. The fourth-order valence-electron chi connectivity index (χ4n) is 4.22. The van der Waals surface area contributed by atoms with Crippen molar-refractivity contribution < 1.29 is 4.79 Å². The number of benzene rings is 3. The predicted octanol–water partition coefficient (Wildman–Crippen LogP) is 5.58. The smallest absolute Gasteiger partial charge is 0.255 e. The van der Waals surface area contributed by atoms with Crippen molar-refractivity contribution in [2.75, 3.05) is 16.8 Å². The number of nitrogens with one attached hydrogen (secondary N) is 1. The van der Waals surface area contributed by atoms with Gasteiger partial charge in [0, 0.05) is 35.1 Å². The van der Waals surface area contributed by atoms with Crippen LogP contribution in [0.5, 0.6) is 0 Å². The van der Waals surface area contributed by atoms with Crippen LogP contribution in [0.3, 0.4) is 0 Å². The molecule has 0 saturated carbocycles. The van der Waals surface area contributed by atoms with Gasteiger partial charge in [0.2, 0.25) is 0 Å². The van der Waals surface area contributed by atoms with E-state index in [1.54, 1.807) is 0 Å². The monoisotopic (exact) mass is 430 g/mol. The van der Waals surface area contributed by atoms with Gasteiger partial charge < -0.3 is 14.8 Å². The zero-order valence-corrected chi connectivity index (χ0v) is 18.3. The van der Waals surface area contributed by atoms with Crippen molar-refractivity contribution in [1.82, 2.24) is 9.55 Å². The number of anilines is 2. The Labute approximate surface area is 186 Å². The molecule has 0 radical (unpaired) electrons. The Morgan fingerprint density at radius 3 is 2.65 bits per heavy atom. The number of carbonyl (C=O) groups is 1. The van der Waals surface area contributed by atoms with Crippen LogP contribution >= 0.6 is 11.6 Å². The quantitative estimate of drug-likeness (QED) is 0.461. The summed E-state index contributed by atoms with van der Waals surface area (Å²) in [6.07, 6.45) is 0. The topological polar surface area (TPSA) is 50.2 Å². The lowest BCUT2D eigenvalue weighted by atomic mass is 10.1. The molecule has 4 aromatic rings. The largest absolute Gasteiger partial charge is 0.362 e. The molecule has 0 bridgehead atoms. The van der Waals surface area contributed by atoms with Crippen molar-refractivity contribution in [2.45, 2.75) is 26.9 Å². The SMILES string of the molecule is Cc1cc(N2CCn3c(nc4cc(Cl)ccc43)C2)ccc1NC(=O)c1ccccc1C. The molecule has 0 saturated heterocycles. The maximum absolute atomic E-state index is 12.7. The number of carbonyl (C=O) groups excluding carboxylic acids is 1. The standard InChI is InChI=1S/C25H23ClN4O/c1-16-5-3-4-6-20(16)25(31)28-21-9-8-19(13-17(21)2)29-11-12-30-23-10-7-18(26)14-22(23)27-24(30)15-29/h3-10,13-14H,11-12,15H2,1-2H3,(H,28,31). The summed E-state index contributed by atoms with van der Waals surface area (Å²) < 4.78 is 2.27. The van der Waals surface area contributed by atoms with Gasteiger partial charge in [-0.25, -0.2) is 4.98 Å². The Kier molecular flexibility index (Phi) is 4.91. The molecular weight excluding hydrogens is 408 g/mol. The van der Waals surface area contributed by atoms with E-state index in [1.807, 2.05) is 62.4 Å². The molecule has 0 aliphatic carbocycles. The van der Waals surface area contributed by atoms with E-state index in [0.29, 0.717) is 10.6 Å². The summed E-state index contributed by atoms with van der Waals surface area (Å²) in [4.78, 5) is 19.8. The number of fused-ring (bicyclic) bond motifs is 3. The molecule has 6 heteroatoms.